The summed E-state index contributed by atoms with van der Waals surface area (Å²) in [5, 5.41) is 4.67. The first kappa shape index (κ1) is 13.9. The summed E-state index contributed by atoms with van der Waals surface area (Å²) < 4.78 is 0. The maximum atomic E-state index is 4.62. The Morgan fingerprint density at radius 1 is 1.31 bits per heavy atom. The van der Waals surface area contributed by atoms with Crippen molar-refractivity contribution in [3.63, 3.8) is 0 Å². The summed E-state index contributed by atoms with van der Waals surface area (Å²) in [6, 6.07) is 0.551. The van der Waals surface area contributed by atoms with Crippen LogP contribution in [0.3, 0.4) is 0 Å². The first-order chi connectivity index (χ1) is 7.39. The summed E-state index contributed by atoms with van der Waals surface area (Å²) in [7, 11) is 0. The van der Waals surface area contributed by atoms with Crippen molar-refractivity contribution >= 4 is 16.9 Å². The van der Waals surface area contributed by atoms with E-state index in [1.165, 1.54) is 18.6 Å². The number of aliphatic imine (C=N–C) groups is 1. The van der Waals surface area contributed by atoms with Crippen LogP contribution in [0.5, 0.6) is 0 Å². The lowest BCUT2D eigenvalue weighted by atomic mass is 9.97. The zero-order chi connectivity index (χ0) is 12.2. The second kappa shape index (κ2) is 5.95. The van der Waals surface area contributed by atoms with Crippen LogP contribution in [0.25, 0.3) is 0 Å². The molecule has 0 radical (unpaired) electrons. The average Bonchev–Trinajstić information content (AvgIpc) is 2.18. The van der Waals surface area contributed by atoms with E-state index in [9.17, 15) is 0 Å². The standard InChI is InChI=1S/C13H26N2S/c1-10(2)6-7-11(3)15-12-14-8-13(4,5)9-16-12/h10-11H,6-9H2,1-5H3,(H,14,15). The third-order valence-corrected chi connectivity index (χ3v) is 4.24. The van der Waals surface area contributed by atoms with E-state index >= 15 is 0 Å². The molecule has 0 aromatic heterocycles. The minimum atomic E-state index is 0.372. The Bertz CT molecular complexity index is 246. The van der Waals surface area contributed by atoms with E-state index in [1.807, 2.05) is 11.8 Å². The predicted octanol–water partition coefficient (Wildman–Crippen LogP) is 3.53. The molecule has 94 valence electrons. The Morgan fingerprint density at radius 2 is 2.00 bits per heavy atom. The van der Waals surface area contributed by atoms with Gasteiger partial charge in [0, 0.05) is 18.3 Å². The van der Waals surface area contributed by atoms with Gasteiger partial charge in [-0.2, -0.15) is 0 Å². The Labute approximate surface area is 105 Å². The van der Waals surface area contributed by atoms with Gasteiger partial charge in [0.1, 0.15) is 0 Å². The molecule has 1 aliphatic heterocycles. The molecule has 1 rings (SSSR count). The molecular weight excluding hydrogens is 216 g/mol. The average molecular weight is 242 g/mol. The Balaban J connectivity index is 2.30. The summed E-state index contributed by atoms with van der Waals surface area (Å²) >= 11 is 1.87. The minimum absolute atomic E-state index is 0.372. The van der Waals surface area contributed by atoms with Gasteiger partial charge in [-0.15, -0.1) is 0 Å². The maximum Gasteiger partial charge on any atom is 0.156 e. The summed E-state index contributed by atoms with van der Waals surface area (Å²) in [5.74, 6) is 1.97. The summed E-state index contributed by atoms with van der Waals surface area (Å²) in [5.41, 5.74) is 0.372. The zero-order valence-electron chi connectivity index (χ0n) is 11.3. The molecule has 16 heavy (non-hydrogen) atoms. The van der Waals surface area contributed by atoms with Gasteiger partial charge in [-0.3, -0.25) is 4.99 Å². The van der Waals surface area contributed by atoms with Crippen molar-refractivity contribution < 1.29 is 0 Å². The molecule has 1 aliphatic rings. The minimum Gasteiger partial charge on any atom is -0.362 e. The van der Waals surface area contributed by atoms with E-state index in [1.54, 1.807) is 0 Å². The van der Waals surface area contributed by atoms with Gasteiger partial charge in [-0.1, -0.05) is 39.5 Å². The number of nitrogens with zero attached hydrogens (tertiary/aromatic N) is 1. The van der Waals surface area contributed by atoms with E-state index in [2.05, 4.69) is 44.9 Å². The number of rotatable bonds is 4. The molecule has 0 fully saturated rings. The third kappa shape index (κ3) is 5.24. The summed E-state index contributed by atoms with van der Waals surface area (Å²) in [4.78, 5) is 4.62. The van der Waals surface area contributed by atoms with Gasteiger partial charge >= 0.3 is 0 Å². The van der Waals surface area contributed by atoms with Gasteiger partial charge < -0.3 is 5.32 Å². The smallest absolute Gasteiger partial charge is 0.156 e. The van der Waals surface area contributed by atoms with Crippen molar-refractivity contribution in [3.05, 3.63) is 0 Å². The number of amidine groups is 1. The van der Waals surface area contributed by atoms with Crippen molar-refractivity contribution in [3.8, 4) is 0 Å². The highest BCUT2D eigenvalue weighted by atomic mass is 32.2. The summed E-state index contributed by atoms with van der Waals surface area (Å²) in [6.45, 7) is 12.3. The van der Waals surface area contributed by atoms with Crippen LogP contribution in [-0.2, 0) is 0 Å². The first-order valence-corrected chi connectivity index (χ1v) is 7.31. The predicted molar refractivity (Wildman–Crippen MR) is 75.2 cm³/mol. The maximum absolute atomic E-state index is 4.62. The van der Waals surface area contributed by atoms with Crippen molar-refractivity contribution in [2.24, 2.45) is 16.3 Å². The van der Waals surface area contributed by atoms with E-state index in [0.717, 1.165) is 17.6 Å². The molecule has 0 spiro atoms. The number of hydrogen-bond acceptors (Lipinski definition) is 3. The van der Waals surface area contributed by atoms with Gasteiger partial charge in [-0.05, 0) is 31.1 Å². The fourth-order valence-electron chi connectivity index (χ4n) is 1.59. The molecular formula is C13H26N2S. The van der Waals surface area contributed by atoms with Crippen LogP contribution in [0, 0.1) is 11.3 Å². The van der Waals surface area contributed by atoms with Crippen LogP contribution >= 0.6 is 11.8 Å². The molecule has 0 bridgehead atoms. The molecule has 2 nitrogen and oxygen atoms in total. The molecule has 1 heterocycles. The molecule has 1 unspecified atom stereocenters. The molecule has 0 saturated carbocycles. The second-order valence-electron chi connectivity index (χ2n) is 6.09. The van der Waals surface area contributed by atoms with Gasteiger partial charge in [-0.25, -0.2) is 0 Å². The number of hydrogen-bond donors (Lipinski definition) is 1. The topological polar surface area (TPSA) is 24.4 Å². The van der Waals surface area contributed by atoms with Crippen molar-refractivity contribution in [1.82, 2.24) is 5.32 Å². The van der Waals surface area contributed by atoms with Crippen LogP contribution in [-0.4, -0.2) is 23.5 Å². The molecule has 0 amide bonds. The van der Waals surface area contributed by atoms with Crippen molar-refractivity contribution in [1.29, 1.82) is 0 Å². The van der Waals surface area contributed by atoms with E-state index < -0.39 is 0 Å². The quantitative estimate of drug-likeness (QED) is 0.815. The van der Waals surface area contributed by atoms with Gasteiger partial charge in [0.25, 0.3) is 0 Å². The van der Waals surface area contributed by atoms with Gasteiger partial charge in [0.15, 0.2) is 5.17 Å². The second-order valence-corrected chi connectivity index (χ2v) is 7.05. The zero-order valence-corrected chi connectivity index (χ0v) is 12.2. The van der Waals surface area contributed by atoms with E-state index in [0.29, 0.717) is 11.5 Å². The first-order valence-electron chi connectivity index (χ1n) is 6.33. The largest absolute Gasteiger partial charge is 0.362 e. The lowest BCUT2D eigenvalue weighted by Crippen LogP contribution is -2.36. The van der Waals surface area contributed by atoms with Crippen LogP contribution in [0.2, 0.25) is 0 Å². The highest BCUT2D eigenvalue weighted by Gasteiger charge is 2.23. The Hall–Kier alpha value is -0.180. The highest BCUT2D eigenvalue weighted by molar-refractivity contribution is 8.13. The van der Waals surface area contributed by atoms with Gasteiger partial charge in [0.2, 0.25) is 0 Å². The molecule has 0 aliphatic carbocycles. The van der Waals surface area contributed by atoms with E-state index in [-0.39, 0.29) is 0 Å². The van der Waals surface area contributed by atoms with Crippen LogP contribution in [0.4, 0.5) is 0 Å². The summed E-state index contributed by atoms with van der Waals surface area (Å²) in [6.07, 6.45) is 2.53. The monoisotopic (exact) mass is 242 g/mol. The fourth-order valence-corrected chi connectivity index (χ4v) is 2.65. The SMILES string of the molecule is CC(C)CCC(C)NC1=NCC(C)(C)CS1. The van der Waals surface area contributed by atoms with Crippen molar-refractivity contribution in [2.75, 3.05) is 12.3 Å². The molecule has 3 heteroatoms. The molecule has 0 aromatic carbocycles. The molecule has 0 aromatic rings. The molecule has 1 atom stereocenters. The Morgan fingerprint density at radius 3 is 2.50 bits per heavy atom. The van der Waals surface area contributed by atoms with Crippen LogP contribution < -0.4 is 5.32 Å². The van der Waals surface area contributed by atoms with Gasteiger partial charge in [0.05, 0.1) is 0 Å². The fraction of sp³-hybridized carbons (Fsp3) is 0.923. The lowest BCUT2D eigenvalue weighted by molar-refractivity contribution is 0.434. The Kier molecular flexibility index (Phi) is 5.16. The normalized spacial score (nSPS) is 21.8. The number of thioether (sulfide) groups is 1. The molecule has 1 N–H and O–H groups in total. The van der Waals surface area contributed by atoms with E-state index in [4.69, 9.17) is 0 Å². The molecule has 0 saturated heterocycles. The lowest BCUT2D eigenvalue weighted by Gasteiger charge is -2.28. The highest BCUT2D eigenvalue weighted by Crippen LogP contribution is 2.27. The van der Waals surface area contributed by atoms with Crippen LogP contribution in [0.1, 0.15) is 47.5 Å². The number of nitrogens with one attached hydrogen (secondary N) is 1. The van der Waals surface area contributed by atoms with Crippen LogP contribution in [0.15, 0.2) is 4.99 Å². The van der Waals surface area contributed by atoms with Crippen molar-refractivity contribution in [2.45, 2.75) is 53.5 Å². The third-order valence-electron chi connectivity index (χ3n) is 2.80.